The van der Waals surface area contributed by atoms with Gasteiger partial charge in [-0.2, -0.15) is 0 Å². The molecule has 0 aromatic rings. The number of hydrogen-bond donors (Lipinski definition) is 1. The van der Waals surface area contributed by atoms with Crippen molar-refractivity contribution in [3.63, 3.8) is 0 Å². The standard InChI is InChI=1S/C6H12NO/c1-3-7-4-2-6-8-5-1/h5,7H,1-4,6H2. The molecule has 0 aromatic heterocycles. The molecule has 1 N–H and O–H groups in total. The highest BCUT2D eigenvalue weighted by atomic mass is 16.5. The summed E-state index contributed by atoms with van der Waals surface area (Å²) in [5.41, 5.74) is 0. The van der Waals surface area contributed by atoms with Gasteiger partial charge in [0.2, 0.25) is 0 Å². The minimum absolute atomic E-state index is 0.882. The van der Waals surface area contributed by atoms with E-state index in [9.17, 15) is 0 Å². The van der Waals surface area contributed by atoms with Crippen LogP contribution in [0.2, 0.25) is 0 Å². The Kier molecular flexibility index (Phi) is 2.92. The van der Waals surface area contributed by atoms with E-state index in [2.05, 4.69) is 5.32 Å². The molecule has 1 aliphatic heterocycles. The molecule has 0 amide bonds. The average Bonchev–Trinajstić information content (AvgIpc) is 1.62. The largest absolute Gasteiger partial charge is 0.375 e. The van der Waals surface area contributed by atoms with Crippen molar-refractivity contribution in [1.82, 2.24) is 5.32 Å². The average molecular weight is 114 g/mol. The van der Waals surface area contributed by atoms with Crippen molar-refractivity contribution < 1.29 is 4.74 Å². The van der Waals surface area contributed by atoms with E-state index in [1.165, 1.54) is 0 Å². The Morgan fingerprint density at radius 1 is 1.38 bits per heavy atom. The Balaban J connectivity index is 2.00. The van der Waals surface area contributed by atoms with Crippen molar-refractivity contribution in [1.29, 1.82) is 0 Å². The van der Waals surface area contributed by atoms with Crippen molar-refractivity contribution in [2.24, 2.45) is 0 Å². The molecule has 0 aromatic carbocycles. The molecule has 0 aliphatic carbocycles. The highest BCUT2D eigenvalue weighted by Gasteiger charge is 1.94. The van der Waals surface area contributed by atoms with Gasteiger partial charge in [0.1, 0.15) is 0 Å². The summed E-state index contributed by atoms with van der Waals surface area (Å²) in [7, 11) is 0. The minimum atomic E-state index is 0.882. The molecule has 0 bridgehead atoms. The Morgan fingerprint density at radius 3 is 3.38 bits per heavy atom. The van der Waals surface area contributed by atoms with Gasteiger partial charge in [0.15, 0.2) is 0 Å². The second kappa shape index (κ2) is 3.87. The van der Waals surface area contributed by atoms with Crippen LogP contribution in [0, 0.1) is 6.61 Å². The number of nitrogens with one attached hydrogen (secondary N) is 1. The second-order valence-corrected chi connectivity index (χ2v) is 1.93. The Hall–Kier alpha value is -0.0800. The van der Waals surface area contributed by atoms with Gasteiger partial charge >= 0.3 is 0 Å². The zero-order chi connectivity index (χ0) is 5.66. The summed E-state index contributed by atoms with van der Waals surface area (Å²) in [4.78, 5) is 0. The van der Waals surface area contributed by atoms with E-state index in [1.54, 1.807) is 0 Å². The maximum Gasteiger partial charge on any atom is 0.0849 e. The molecule has 0 saturated carbocycles. The molecule has 1 heterocycles. The van der Waals surface area contributed by atoms with E-state index >= 15 is 0 Å². The number of hydrogen-bond acceptors (Lipinski definition) is 2. The van der Waals surface area contributed by atoms with Crippen LogP contribution in [-0.2, 0) is 4.74 Å². The summed E-state index contributed by atoms with van der Waals surface area (Å²) >= 11 is 0. The molecule has 1 radical (unpaired) electrons. The molecule has 47 valence electrons. The van der Waals surface area contributed by atoms with Gasteiger partial charge in [0.25, 0.3) is 0 Å². The zero-order valence-corrected chi connectivity index (χ0v) is 5.02. The van der Waals surface area contributed by atoms with Crippen molar-refractivity contribution in [2.45, 2.75) is 12.8 Å². The summed E-state index contributed by atoms with van der Waals surface area (Å²) in [5.74, 6) is 0. The van der Waals surface area contributed by atoms with E-state index in [-0.39, 0.29) is 0 Å². The zero-order valence-electron chi connectivity index (χ0n) is 5.02. The van der Waals surface area contributed by atoms with Gasteiger partial charge in [-0.1, -0.05) is 0 Å². The van der Waals surface area contributed by atoms with Crippen molar-refractivity contribution in [2.75, 3.05) is 19.7 Å². The van der Waals surface area contributed by atoms with Crippen molar-refractivity contribution in [3.05, 3.63) is 6.61 Å². The maximum absolute atomic E-state index is 5.11. The molecule has 1 rings (SSSR count). The highest BCUT2D eigenvalue weighted by molar-refractivity contribution is 4.58. The maximum atomic E-state index is 5.11. The van der Waals surface area contributed by atoms with Gasteiger partial charge in [-0.05, 0) is 25.9 Å². The van der Waals surface area contributed by atoms with E-state index in [4.69, 9.17) is 4.74 Å². The van der Waals surface area contributed by atoms with Crippen LogP contribution in [0.1, 0.15) is 12.8 Å². The van der Waals surface area contributed by atoms with Gasteiger partial charge in [0, 0.05) is 6.61 Å². The molecule has 1 aliphatic rings. The smallest absolute Gasteiger partial charge is 0.0849 e. The summed E-state index contributed by atoms with van der Waals surface area (Å²) in [6.07, 6.45) is 2.18. The molecule has 2 heteroatoms. The number of ether oxygens (including phenoxy) is 1. The van der Waals surface area contributed by atoms with Gasteiger partial charge in [-0.25, -0.2) is 0 Å². The lowest BCUT2D eigenvalue weighted by molar-refractivity contribution is 0.178. The van der Waals surface area contributed by atoms with Gasteiger partial charge in [-0.3, -0.25) is 0 Å². The van der Waals surface area contributed by atoms with Crippen LogP contribution in [0.5, 0.6) is 0 Å². The predicted octanol–water partition coefficient (Wildman–Crippen LogP) is 0.548. The van der Waals surface area contributed by atoms with E-state index in [1.807, 2.05) is 6.61 Å². The summed E-state index contributed by atoms with van der Waals surface area (Å²) in [6.45, 7) is 4.94. The first-order valence-electron chi connectivity index (χ1n) is 3.14. The predicted molar refractivity (Wildman–Crippen MR) is 32.4 cm³/mol. The van der Waals surface area contributed by atoms with Crippen LogP contribution in [0.15, 0.2) is 0 Å². The van der Waals surface area contributed by atoms with E-state index in [0.717, 1.165) is 32.5 Å². The van der Waals surface area contributed by atoms with Gasteiger partial charge in [-0.15, -0.1) is 0 Å². The molecule has 1 saturated heterocycles. The first-order valence-corrected chi connectivity index (χ1v) is 3.14. The Bertz CT molecular complexity index is 32.5. The van der Waals surface area contributed by atoms with Crippen LogP contribution < -0.4 is 5.32 Å². The molecule has 0 spiro atoms. The summed E-state index contributed by atoms with van der Waals surface area (Å²) in [5, 5.41) is 3.28. The first kappa shape index (κ1) is 6.05. The quantitative estimate of drug-likeness (QED) is 0.496. The van der Waals surface area contributed by atoms with Crippen LogP contribution in [-0.4, -0.2) is 19.7 Å². The van der Waals surface area contributed by atoms with Crippen LogP contribution >= 0.6 is 0 Å². The van der Waals surface area contributed by atoms with E-state index in [0.29, 0.717) is 0 Å². The second-order valence-electron chi connectivity index (χ2n) is 1.93. The molecule has 0 atom stereocenters. The highest BCUT2D eigenvalue weighted by Crippen LogP contribution is 1.92. The Labute approximate surface area is 50.2 Å². The third kappa shape index (κ3) is 2.28. The van der Waals surface area contributed by atoms with Crippen molar-refractivity contribution >= 4 is 0 Å². The lowest BCUT2D eigenvalue weighted by Gasteiger charge is -2.08. The molecule has 2 nitrogen and oxygen atoms in total. The van der Waals surface area contributed by atoms with Crippen molar-refractivity contribution in [3.8, 4) is 0 Å². The molecule has 0 unspecified atom stereocenters. The van der Waals surface area contributed by atoms with E-state index < -0.39 is 0 Å². The Morgan fingerprint density at radius 2 is 2.38 bits per heavy atom. The molecular formula is C6H12NO. The lowest BCUT2D eigenvalue weighted by atomic mass is 10.4. The fourth-order valence-corrected chi connectivity index (χ4v) is 0.733. The van der Waals surface area contributed by atoms with Crippen LogP contribution in [0.4, 0.5) is 0 Å². The molecule has 1 fully saturated rings. The fourth-order valence-electron chi connectivity index (χ4n) is 0.733. The molecular weight excluding hydrogens is 102 g/mol. The van der Waals surface area contributed by atoms with Crippen LogP contribution in [0.25, 0.3) is 0 Å². The summed E-state index contributed by atoms with van der Waals surface area (Å²) < 4.78 is 5.11. The summed E-state index contributed by atoms with van der Waals surface area (Å²) in [6, 6.07) is 0. The SMILES string of the molecule is [CH]1CCNCCCO1. The topological polar surface area (TPSA) is 21.3 Å². The van der Waals surface area contributed by atoms with Gasteiger partial charge < -0.3 is 10.1 Å². The normalized spacial score (nSPS) is 24.0. The fraction of sp³-hybridized carbons (Fsp3) is 0.833. The molecule has 8 heavy (non-hydrogen) atoms. The monoisotopic (exact) mass is 114 g/mol. The third-order valence-corrected chi connectivity index (χ3v) is 1.17. The first-order chi connectivity index (χ1) is 4.00. The third-order valence-electron chi connectivity index (χ3n) is 1.17. The van der Waals surface area contributed by atoms with Crippen LogP contribution in [0.3, 0.4) is 0 Å². The van der Waals surface area contributed by atoms with Gasteiger partial charge in [0.05, 0.1) is 6.61 Å². The minimum Gasteiger partial charge on any atom is -0.375 e. The lowest BCUT2D eigenvalue weighted by Crippen LogP contribution is -2.20. The number of rotatable bonds is 0.